The molecule has 0 unspecified atom stereocenters. The second-order valence-electron chi connectivity index (χ2n) is 4.28. The Bertz CT molecular complexity index is 497. The number of urea groups is 1. The number of hydrogen-bond donors (Lipinski definition) is 0. The summed E-state index contributed by atoms with van der Waals surface area (Å²) in [5.74, 6) is 0. The predicted octanol–water partition coefficient (Wildman–Crippen LogP) is 4.15. The summed E-state index contributed by atoms with van der Waals surface area (Å²) in [6.07, 6.45) is 0. The molecular formula is C11H16ClN2O2S2-. The third kappa shape index (κ3) is 3.96. The van der Waals surface area contributed by atoms with Gasteiger partial charge in [-0.3, -0.25) is 0 Å². The number of halogens is 1. The number of hydrogen-bond acceptors (Lipinski definition) is 4. The van der Waals surface area contributed by atoms with Crippen LogP contribution in [0.1, 0.15) is 27.7 Å². The largest absolute Gasteiger partial charge is 0.439 e. The highest BCUT2D eigenvalue weighted by molar-refractivity contribution is 7.78. The van der Waals surface area contributed by atoms with Crippen molar-refractivity contribution in [2.75, 3.05) is 0 Å². The molecule has 1 aromatic rings. The Labute approximate surface area is 118 Å². The van der Waals surface area contributed by atoms with Crippen molar-refractivity contribution in [2.24, 2.45) is 4.36 Å². The molecule has 0 aliphatic rings. The van der Waals surface area contributed by atoms with Gasteiger partial charge in [0.25, 0.3) is 0 Å². The highest BCUT2D eigenvalue weighted by Gasteiger charge is 2.17. The average molecular weight is 308 g/mol. The number of nitrogens with zero attached hydrogens (tertiary/aromatic N) is 2. The highest BCUT2D eigenvalue weighted by atomic mass is 35.5. The first-order valence-electron chi connectivity index (χ1n) is 5.54. The number of carbonyl (C=O) groups excluding carboxylic acids is 1. The molecule has 0 aliphatic carbocycles. The van der Waals surface area contributed by atoms with E-state index in [1.54, 1.807) is 17.0 Å². The maximum atomic E-state index is 12.0. The van der Waals surface area contributed by atoms with E-state index in [2.05, 4.69) is 4.36 Å². The zero-order chi connectivity index (χ0) is 13.9. The van der Waals surface area contributed by atoms with Gasteiger partial charge >= 0.3 is 6.03 Å². The first-order valence-corrected chi connectivity index (χ1v) is 7.84. The fraction of sp³-hybridized carbons (Fsp3) is 0.545. The Morgan fingerprint density at radius 2 is 1.89 bits per heavy atom. The highest BCUT2D eigenvalue weighted by Crippen LogP contribution is 2.23. The minimum Gasteiger partial charge on any atom is -0.439 e. The Kier molecular flexibility index (Phi) is 5.62. The van der Waals surface area contributed by atoms with E-state index in [0.717, 1.165) is 0 Å². The van der Waals surface area contributed by atoms with Crippen molar-refractivity contribution in [1.29, 1.82) is 0 Å². The minimum atomic E-state index is -1.68. The van der Waals surface area contributed by atoms with E-state index in [-0.39, 0.29) is 12.1 Å². The SMILES string of the molecule is CC(C)N(C(=O)N=[S-](=O)c1ccc(Cl)s1)C(C)C. The van der Waals surface area contributed by atoms with Crippen molar-refractivity contribution in [3.8, 4) is 0 Å². The van der Waals surface area contributed by atoms with Gasteiger partial charge in [-0.25, -0.2) is 4.79 Å². The summed E-state index contributed by atoms with van der Waals surface area (Å²) in [6.45, 7) is 7.60. The van der Waals surface area contributed by atoms with Crippen LogP contribution < -0.4 is 0 Å². The van der Waals surface area contributed by atoms with Gasteiger partial charge in [-0.2, -0.15) is 0 Å². The molecule has 0 aliphatic heterocycles. The van der Waals surface area contributed by atoms with E-state index in [9.17, 15) is 9.00 Å². The number of rotatable bonds is 3. The van der Waals surface area contributed by atoms with Gasteiger partial charge in [0.2, 0.25) is 0 Å². The van der Waals surface area contributed by atoms with Crippen LogP contribution in [0, 0.1) is 0 Å². The lowest BCUT2D eigenvalue weighted by Crippen LogP contribution is -2.40. The second-order valence-corrected chi connectivity index (χ2v) is 7.37. The molecule has 1 aromatic heterocycles. The lowest BCUT2D eigenvalue weighted by molar-refractivity contribution is 0.175. The monoisotopic (exact) mass is 307 g/mol. The molecular weight excluding hydrogens is 292 g/mol. The zero-order valence-corrected chi connectivity index (χ0v) is 13.1. The smallest absolute Gasteiger partial charge is 0.320 e. The van der Waals surface area contributed by atoms with Gasteiger partial charge in [-0.1, -0.05) is 17.7 Å². The van der Waals surface area contributed by atoms with Crippen molar-refractivity contribution in [2.45, 2.75) is 44.0 Å². The van der Waals surface area contributed by atoms with E-state index in [1.165, 1.54) is 11.3 Å². The maximum absolute atomic E-state index is 12.0. The van der Waals surface area contributed by atoms with E-state index in [0.29, 0.717) is 8.55 Å². The molecule has 0 saturated heterocycles. The summed E-state index contributed by atoms with van der Waals surface area (Å²) in [7, 11) is -1.68. The summed E-state index contributed by atoms with van der Waals surface area (Å²) in [5.41, 5.74) is 0. The maximum Gasteiger partial charge on any atom is 0.320 e. The number of carbonyl (C=O) groups is 1. The Balaban J connectivity index is 2.95. The van der Waals surface area contributed by atoms with Crippen molar-refractivity contribution in [3.05, 3.63) is 16.5 Å². The van der Waals surface area contributed by atoms with Gasteiger partial charge < -0.3 is 13.5 Å². The van der Waals surface area contributed by atoms with E-state index in [1.807, 2.05) is 27.7 Å². The van der Waals surface area contributed by atoms with E-state index < -0.39 is 16.6 Å². The lowest BCUT2D eigenvalue weighted by Gasteiger charge is -2.29. The fourth-order valence-electron chi connectivity index (χ4n) is 1.59. The van der Waals surface area contributed by atoms with Crippen LogP contribution in [-0.4, -0.2) is 23.0 Å². The van der Waals surface area contributed by atoms with Crippen LogP contribution in [-0.2, 0) is 14.8 Å². The summed E-state index contributed by atoms with van der Waals surface area (Å²) < 4.78 is 16.6. The first kappa shape index (κ1) is 15.5. The number of thiophene rings is 1. The standard InChI is InChI=1S/C11H16ClN2O2S2/c1-7(2)14(8(3)4)11(15)13-18(16)10-6-5-9(12)17-10/h5-8H,1-4H3/q-1. The third-order valence-corrected chi connectivity index (χ3v) is 4.72. The summed E-state index contributed by atoms with van der Waals surface area (Å²) in [4.78, 5) is 13.5. The average Bonchev–Trinajstić information content (AvgIpc) is 2.63. The first-order chi connectivity index (χ1) is 8.32. The summed E-state index contributed by atoms with van der Waals surface area (Å²) in [6, 6.07) is 2.84. The molecule has 0 fully saturated rings. The Morgan fingerprint density at radius 3 is 2.28 bits per heavy atom. The quantitative estimate of drug-likeness (QED) is 0.788. The molecule has 7 heteroatoms. The van der Waals surface area contributed by atoms with Gasteiger partial charge in [0, 0.05) is 12.1 Å². The Hall–Kier alpha value is -0.590. The van der Waals surface area contributed by atoms with Crippen LogP contribution >= 0.6 is 22.9 Å². The molecule has 4 nitrogen and oxygen atoms in total. The second kappa shape index (κ2) is 6.54. The van der Waals surface area contributed by atoms with E-state index >= 15 is 0 Å². The van der Waals surface area contributed by atoms with Crippen molar-refractivity contribution in [1.82, 2.24) is 4.90 Å². The van der Waals surface area contributed by atoms with Crippen LogP contribution in [0.5, 0.6) is 0 Å². The predicted molar refractivity (Wildman–Crippen MR) is 75.6 cm³/mol. The molecule has 0 saturated carbocycles. The van der Waals surface area contributed by atoms with Crippen LogP contribution in [0.15, 0.2) is 20.7 Å². The van der Waals surface area contributed by atoms with Gasteiger partial charge in [0.15, 0.2) is 0 Å². The van der Waals surface area contributed by atoms with Crippen LogP contribution in [0.2, 0.25) is 4.34 Å². The molecule has 0 spiro atoms. The van der Waals surface area contributed by atoms with Crippen LogP contribution in [0.3, 0.4) is 0 Å². The molecule has 0 aromatic carbocycles. The molecule has 0 atom stereocenters. The summed E-state index contributed by atoms with van der Waals surface area (Å²) >= 11 is 6.92. The van der Waals surface area contributed by atoms with E-state index in [4.69, 9.17) is 11.6 Å². The number of amides is 2. The molecule has 0 bridgehead atoms. The van der Waals surface area contributed by atoms with Crippen LogP contribution in [0.4, 0.5) is 4.79 Å². The molecule has 18 heavy (non-hydrogen) atoms. The molecule has 2 amide bonds. The topological polar surface area (TPSA) is 49.7 Å². The van der Waals surface area contributed by atoms with Crippen molar-refractivity contribution >= 4 is 39.6 Å². The molecule has 1 heterocycles. The lowest BCUT2D eigenvalue weighted by atomic mass is 10.2. The van der Waals surface area contributed by atoms with Crippen molar-refractivity contribution in [3.63, 3.8) is 0 Å². The molecule has 0 radical (unpaired) electrons. The molecule has 0 N–H and O–H groups in total. The third-order valence-electron chi connectivity index (χ3n) is 2.22. The fourth-order valence-corrected chi connectivity index (χ4v) is 3.68. The molecule has 102 valence electrons. The molecule has 1 rings (SSSR count). The van der Waals surface area contributed by atoms with Gasteiger partial charge in [-0.15, -0.1) is 21.9 Å². The van der Waals surface area contributed by atoms with Crippen LogP contribution in [0.25, 0.3) is 0 Å². The van der Waals surface area contributed by atoms with Gasteiger partial charge in [-0.05, 0) is 38.0 Å². The normalized spacial score (nSPS) is 13.3. The van der Waals surface area contributed by atoms with Gasteiger partial charge in [0.05, 0.1) is 4.34 Å². The van der Waals surface area contributed by atoms with Gasteiger partial charge in [0.1, 0.15) is 0 Å². The summed E-state index contributed by atoms with van der Waals surface area (Å²) in [5, 5.41) is 0. The Morgan fingerprint density at radius 1 is 1.33 bits per heavy atom. The zero-order valence-electron chi connectivity index (χ0n) is 10.7. The minimum absolute atomic E-state index is 0.0187. The van der Waals surface area contributed by atoms with Crippen molar-refractivity contribution < 1.29 is 9.00 Å².